The van der Waals surface area contributed by atoms with E-state index in [9.17, 15) is 0 Å². The Morgan fingerprint density at radius 3 is 3.17 bits per heavy atom. The molecule has 102 valence electrons. The maximum Gasteiger partial charge on any atom is 0.202 e. The number of rotatable bonds is 6. The molecule has 0 bridgehead atoms. The third-order valence-electron chi connectivity index (χ3n) is 3.63. The van der Waals surface area contributed by atoms with Crippen LogP contribution < -0.4 is 5.32 Å². The number of hydrogen-bond acceptors (Lipinski definition) is 4. The Balaban J connectivity index is 1.90. The van der Waals surface area contributed by atoms with Crippen LogP contribution in [-0.2, 0) is 11.3 Å². The van der Waals surface area contributed by atoms with E-state index >= 15 is 0 Å². The molecule has 0 aliphatic carbocycles. The van der Waals surface area contributed by atoms with Gasteiger partial charge < -0.3 is 19.5 Å². The lowest BCUT2D eigenvalue weighted by atomic mass is 10.0. The molecule has 5 nitrogen and oxygen atoms in total. The van der Waals surface area contributed by atoms with Gasteiger partial charge in [0.25, 0.3) is 0 Å². The van der Waals surface area contributed by atoms with Crippen LogP contribution in [0.5, 0.6) is 0 Å². The number of likely N-dealkylation sites (N-methyl/N-ethyl adjacent to an activating group) is 1. The Kier molecular flexibility index (Phi) is 5.01. The summed E-state index contributed by atoms with van der Waals surface area (Å²) in [6, 6.07) is 0.635. The number of methoxy groups -OCH3 is 1. The summed E-state index contributed by atoms with van der Waals surface area (Å²) in [7, 11) is 3.93. The molecule has 1 aliphatic heterocycles. The minimum absolute atomic E-state index is 0.635. The molecule has 2 heterocycles. The van der Waals surface area contributed by atoms with Gasteiger partial charge in [0.05, 0.1) is 6.61 Å². The average Bonchev–Trinajstić information content (AvgIpc) is 2.80. The number of anilines is 1. The molecule has 1 aromatic heterocycles. The Labute approximate surface area is 109 Å². The lowest BCUT2D eigenvalue weighted by molar-refractivity contribution is 0.168. The Morgan fingerprint density at radius 2 is 2.39 bits per heavy atom. The van der Waals surface area contributed by atoms with Crippen LogP contribution in [0.2, 0.25) is 0 Å². The molecule has 2 rings (SSSR count). The van der Waals surface area contributed by atoms with Crippen molar-refractivity contribution in [2.45, 2.75) is 31.8 Å². The summed E-state index contributed by atoms with van der Waals surface area (Å²) in [5.74, 6) is 0.950. The molecule has 0 amide bonds. The van der Waals surface area contributed by atoms with Crippen molar-refractivity contribution < 1.29 is 4.74 Å². The van der Waals surface area contributed by atoms with Gasteiger partial charge in [-0.3, -0.25) is 0 Å². The van der Waals surface area contributed by atoms with E-state index in [1.54, 1.807) is 7.11 Å². The van der Waals surface area contributed by atoms with Crippen LogP contribution in [-0.4, -0.2) is 54.3 Å². The summed E-state index contributed by atoms with van der Waals surface area (Å²) >= 11 is 0. The van der Waals surface area contributed by atoms with Gasteiger partial charge in [-0.15, -0.1) is 0 Å². The summed E-state index contributed by atoms with van der Waals surface area (Å²) in [4.78, 5) is 6.82. The fraction of sp³-hybridized carbons (Fsp3) is 0.769. The molecule has 1 fully saturated rings. The highest BCUT2D eigenvalue weighted by Gasteiger charge is 2.19. The van der Waals surface area contributed by atoms with E-state index < -0.39 is 0 Å². The second-order valence-electron chi connectivity index (χ2n) is 4.95. The van der Waals surface area contributed by atoms with Crippen molar-refractivity contribution in [1.29, 1.82) is 0 Å². The van der Waals surface area contributed by atoms with Crippen molar-refractivity contribution in [1.82, 2.24) is 14.5 Å². The van der Waals surface area contributed by atoms with Crippen molar-refractivity contribution in [2.24, 2.45) is 0 Å². The molecular weight excluding hydrogens is 228 g/mol. The van der Waals surface area contributed by atoms with Crippen molar-refractivity contribution >= 4 is 5.95 Å². The molecule has 18 heavy (non-hydrogen) atoms. The summed E-state index contributed by atoms with van der Waals surface area (Å²) in [5, 5.41) is 3.31. The van der Waals surface area contributed by atoms with E-state index in [1.165, 1.54) is 25.8 Å². The number of nitrogens with zero attached hydrogens (tertiary/aromatic N) is 3. The Morgan fingerprint density at radius 1 is 1.50 bits per heavy atom. The molecule has 0 radical (unpaired) electrons. The van der Waals surface area contributed by atoms with E-state index in [4.69, 9.17) is 4.74 Å². The van der Waals surface area contributed by atoms with Gasteiger partial charge in [-0.2, -0.15) is 0 Å². The summed E-state index contributed by atoms with van der Waals surface area (Å²) < 4.78 is 7.25. The third-order valence-corrected chi connectivity index (χ3v) is 3.63. The average molecular weight is 252 g/mol. The van der Waals surface area contributed by atoms with Gasteiger partial charge in [0.1, 0.15) is 0 Å². The number of likely N-dealkylation sites (tertiary alicyclic amines) is 1. The first-order valence-electron chi connectivity index (χ1n) is 6.75. The predicted molar refractivity (Wildman–Crippen MR) is 72.9 cm³/mol. The minimum atomic E-state index is 0.635. The first-order valence-corrected chi connectivity index (χ1v) is 6.75. The lowest BCUT2D eigenvalue weighted by Crippen LogP contribution is -2.39. The van der Waals surface area contributed by atoms with E-state index in [-0.39, 0.29) is 0 Å². The highest BCUT2D eigenvalue weighted by molar-refractivity contribution is 5.25. The van der Waals surface area contributed by atoms with Gasteiger partial charge in [-0.05, 0) is 26.4 Å². The maximum atomic E-state index is 5.04. The molecule has 1 aliphatic rings. The molecule has 5 heteroatoms. The third kappa shape index (κ3) is 3.46. The SMILES string of the molecule is COCCNc1nccn1CC1CCCCN1C. The predicted octanol–water partition coefficient (Wildman–Crippen LogP) is 1.43. The molecule has 1 N–H and O–H groups in total. The first-order chi connectivity index (χ1) is 8.81. The van der Waals surface area contributed by atoms with Crippen LogP contribution >= 0.6 is 0 Å². The van der Waals surface area contributed by atoms with Crippen LogP contribution in [0, 0.1) is 0 Å². The van der Waals surface area contributed by atoms with E-state index in [2.05, 4.69) is 33.0 Å². The zero-order chi connectivity index (χ0) is 12.8. The smallest absolute Gasteiger partial charge is 0.202 e. The van der Waals surface area contributed by atoms with Gasteiger partial charge in [0, 0.05) is 38.6 Å². The molecule has 1 aromatic rings. The maximum absolute atomic E-state index is 5.04. The first kappa shape index (κ1) is 13.4. The quantitative estimate of drug-likeness (QED) is 0.778. The van der Waals surface area contributed by atoms with Gasteiger partial charge in [0.2, 0.25) is 5.95 Å². The Bertz CT molecular complexity index is 353. The summed E-state index contributed by atoms with van der Waals surface area (Å²) in [6.45, 7) is 3.74. The second-order valence-corrected chi connectivity index (χ2v) is 4.95. The van der Waals surface area contributed by atoms with Crippen molar-refractivity contribution in [3.8, 4) is 0 Å². The van der Waals surface area contributed by atoms with Crippen LogP contribution in [0.3, 0.4) is 0 Å². The summed E-state index contributed by atoms with van der Waals surface area (Å²) in [6.07, 6.45) is 7.87. The van der Waals surface area contributed by atoms with E-state index in [0.29, 0.717) is 12.6 Å². The molecule has 0 aromatic carbocycles. The van der Waals surface area contributed by atoms with Gasteiger partial charge in [-0.1, -0.05) is 6.42 Å². The number of imidazole rings is 1. The molecule has 0 saturated carbocycles. The highest BCUT2D eigenvalue weighted by atomic mass is 16.5. The van der Waals surface area contributed by atoms with Gasteiger partial charge in [0.15, 0.2) is 0 Å². The molecule has 1 atom stereocenters. The number of aromatic nitrogens is 2. The summed E-state index contributed by atoms with van der Waals surface area (Å²) in [5.41, 5.74) is 0. The fourth-order valence-corrected chi connectivity index (χ4v) is 2.49. The second kappa shape index (κ2) is 6.75. The zero-order valence-corrected chi connectivity index (χ0v) is 11.4. The lowest BCUT2D eigenvalue weighted by Gasteiger charge is -2.32. The van der Waals surface area contributed by atoms with E-state index in [0.717, 1.165) is 19.0 Å². The number of ether oxygens (including phenoxy) is 1. The topological polar surface area (TPSA) is 42.3 Å². The normalized spacial score (nSPS) is 21.1. The van der Waals surface area contributed by atoms with Crippen LogP contribution in [0.4, 0.5) is 5.95 Å². The minimum Gasteiger partial charge on any atom is -0.383 e. The van der Waals surface area contributed by atoms with E-state index in [1.807, 2.05) is 6.20 Å². The number of piperidine rings is 1. The monoisotopic (exact) mass is 252 g/mol. The van der Waals surface area contributed by atoms with Crippen molar-refractivity contribution in [3.05, 3.63) is 12.4 Å². The molecular formula is C13H24N4O. The molecule has 1 unspecified atom stereocenters. The van der Waals surface area contributed by atoms with Gasteiger partial charge in [-0.25, -0.2) is 4.98 Å². The Hall–Kier alpha value is -1.07. The van der Waals surface area contributed by atoms with Crippen LogP contribution in [0.25, 0.3) is 0 Å². The highest BCUT2D eigenvalue weighted by Crippen LogP contribution is 2.18. The van der Waals surface area contributed by atoms with Gasteiger partial charge >= 0.3 is 0 Å². The standard InChI is InChI=1S/C13H24N4O/c1-16-8-4-3-5-12(16)11-17-9-6-14-13(17)15-7-10-18-2/h6,9,12H,3-5,7-8,10-11H2,1-2H3,(H,14,15). The fourth-order valence-electron chi connectivity index (χ4n) is 2.49. The molecule has 1 saturated heterocycles. The van der Waals surface area contributed by atoms with Crippen molar-refractivity contribution in [2.75, 3.05) is 39.2 Å². The molecule has 0 spiro atoms. The van der Waals surface area contributed by atoms with Crippen LogP contribution in [0.1, 0.15) is 19.3 Å². The van der Waals surface area contributed by atoms with Crippen molar-refractivity contribution in [3.63, 3.8) is 0 Å². The number of nitrogens with one attached hydrogen (secondary N) is 1. The number of hydrogen-bond donors (Lipinski definition) is 1. The largest absolute Gasteiger partial charge is 0.383 e. The zero-order valence-electron chi connectivity index (χ0n) is 11.4. The van der Waals surface area contributed by atoms with Crippen LogP contribution in [0.15, 0.2) is 12.4 Å².